The van der Waals surface area contributed by atoms with Crippen LogP contribution in [0.15, 0.2) is 15.8 Å². The third-order valence-corrected chi connectivity index (χ3v) is 15.9. The van der Waals surface area contributed by atoms with Gasteiger partial charge in [0.15, 0.2) is 16.6 Å². The zero-order valence-corrected chi connectivity index (χ0v) is 24.1. The Labute approximate surface area is 199 Å². The van der Waals surface area contributed by atoms with Crippen LogP contribution in [-0.2, 0) is 9.16 Å². The Balaban J connectivity index is 2.67. The molecule has 0 radical (unpaired) electrons. The Kier molecular flexibility index (Phi) is 7.86. The summed E-state index contributed by atoms with van der Waals surface area (Å²) in [6.45, 7) is 22.0. The fourth-order valence-electron chi connectivity index (χ4n) is 3.91. The third kappa shape index (κ3) is 5.79. The van der Waals surface area contributed by atoms with Crippen molar-refractivity contribution in [2.75, 3.05) is 0 Å². The second kappa shape index (κ2) is 9.20. The average Bonchev–Trinajstić information content (AvgIpc) is 2.93. The first kappa shape index (κ1) is 28.2. The highest BCUT2D eigenvalue weighted by molar-refractivity contribution is 6.74. The summed E-state index contributed by atoms with van der Waals surface area (Å²) in [4.78, 5) is 38.2. The highest BCUT2D eigenvalue weighted by atomic mass is 28.4. The average molecular weight is 501 g/mol. The molecule has 3 N–H and O–H groups in total. The zero-order valence-electron chi connectivity index (χ0n) is 22.1. The molecular weight excluding hydrogens is 456 g/mol. The van der Waals surface area contributed by atoms with E-state index in [1.54, 1.807) is 13.8 Å². The molecule has 8 nitrogen and oxygen atoms in total. The maximum absolute atomic E-state index is 12.8. The minimum absolute atomic E-state index is 0.0647. The molecule has 1 fully saturated rings. The number of ether oxygens (including phenoxy) is 1. The van der Waals surface area contributed by atoms with Crippen LogP contribution in [-0.4, -0.2) is 54.4 Å². The van der Waals surface area contributed by atoms with Crippen molar-refractivity contribution >= 4 is 16.6 Å². The zero-order chi connectivity index (χ0) is 25.7. The van der Waals surface area contributed by atoms with Crippen molar-refractivity contribution < 1.29 is 19.1 Å². The fourth-order valence-corrected chi connectivity index (χ4v) is 5.99. The number of aliphatic hydroxyl groups excluding tert-OH is 1. The van der Waals surface area contributed by atoms with Crippen LogP contribution in [0, 0.1) is 12.8 Å². The molecule has 1 aromatic heterocycles. The predicted octanol–water partition coefficient (Wildman–Crippen LogP) is 3.50. The molecule has 0 spiro atoms. The van der Waals surface area contributed by atoms with Crippen LogP contribution in [0.1, 0.15) is 59.8 Å². The molecule has 33 heavy (non-hydrogen) atoms. The van der Waals surface area contributed by atoms with Gasteiger partial charge in [-0.1, -0.05) is 34.6 Å². The van der Waals surface area contributed by atoms with Crippen LogP contribution in [0.4, 0.5) is 0 Å². The van der Waals surface area contributed by atoms with Gasteiger partial charge in [-0.25, -0.2) is 4.79 Å². The molecule has 1 aromatic rings. The molecule has 0 aliphatic carbocycles. The maximum Gasteiger partial charge on any atom is 0.330 e. The number of H-pyrrole nitrogens is 1. The molecule has 10 heteroatoms. The van der Waals surface area contributed by atoms with Crippen molar-refractivity contribution in [1.82, 2.24) is 9.55 Å². The Morgan fingerprint density at radius 1 is 1.18 bits per heavy atom. The topological polar surface area (TPSA) is 114 Å². The number of nitrogens with one attached hydrogen (secondary N) is 1. The van der Waals surface area contributed by atoms with Crippen molar-refractivity contribution in [1.29, 1.82) is 0 Å². The molecule has 0 bridgehead atoms. The predicted molar refractivity (Wildman–Crippen MR) is 136 cm³/mol. The van der Waals surface area contributed by atoms with E-state index in [4.69, 9.17) is 9.16 Å². The Morgan fingerprint density at radius 2 is 1.73 bits per heavy atom. The van der Waals surface area contributed by atoms with Gasteiger partial charge in [-0.2, -0.15) is 0 Å². The van der Waals surface area contributed by atoms with Gasteiger partial charge in [-0.3, -0.25) is 14.3 Å². The highest BCUT2D eigenvalue weighted by Gasteiger charge is 2.54. The van der Waals surface area contributed by atoms with Gasteiger partial charge in [0.1, 0.15) is 12.3 Å². The fraction of sp³-hybridized carbons (Fsp3) is 0.826. The van der Waals surface area contributed by atoms with E-state index in [9.17, 15) is 19.5 Å². The van der Waals surface area contributed by atoms with E-state index in [1.807, 2.05) is 26.9 Å². The summed E-state index contributed by atoms with van der Waals surface area (Å²) < 4.78 is 14.6. The van der Waals surface area contributed by atoms with E-state index in [0.717, 1.165) is 0 Å². The van der Waals surface area contributed by atoms with Gasteiger partial charge in [0, 0.05) is 17.7 Å². The summed E-state index contributed by atoms with van der Waals surface area (Å²) >= 11 is 0. The minimum Gasteiger partial charge on any atom is -0.432 e. The van der Waals surface area contributed by atoms with E-state index in [-0.39, 0.29) is 11.0 Å². The Bertz CT molecular complexity index is 955. The summed E-state index contributed by atoms with van der Waals surface area (Å²) in [5, 5.41) is 10.2. The monoisotopic (exact) mass is 500 g/mol. The lowest BCUT2D eigenvalue weighted by molar-refractivity contribution is -0.0766. The van der Waals surface area contributed by atoms with Crippen molar-refractivity contribution in [3.8, 4) is 0 Å². The Morgan fingerprint density at radius 3 is 2.18 bits per heavy atom. The van der Waals surface area contributed by atoms with E-state index in [2.05, 4.69) is 38.8 Å². The first-order valence-electron chi connectivity index (χ1n) is 11.8. The van der Waals surface area contributed by atoms with Gasteiger partial charge in [-0.15, -0.1) is 0 Å². The lowest BCUT2D eigenvalue weighted by Crippen LogP contribution is -2.51. The normalized spacial score (nSPS) is 26.0. The van der Waals surface area contributed by atoms with E-state index in [0.29, 0.717) is 12.0 Å². The van der Waals surface area contributed by atoms with Gasteiger partial charge in [0.2, 0.25) is 0 Å². The van der Waals surface area contributed by atoms with Crippen molar-refractivity contribution in [2.24, 2.45) is 5.92 Å². The smallest absolute Gasteiger partial charge is 0.330 e. The van der Waals surface area contributed by atoms with Crippen LogP contribution in [0.3, 0.4) is 0 Å². The molecule has 1 aliphatic rings. The van der Waals surface area contributed by atoms with Gasteiger partial charge in [0.05, 0.1) is 12.2 Å². The molecule has 0 aromatic carbocycles. The maximum atomic E-state index is 12.8. The molecule has 3 unspecified atom stereocenters. The first-order valence-corrected chi connectivity index (χ1v) is 17.6. The number of aromatic amines is 1. The molecule has 190 valence electrons. The van der Waals surface area contributed by atoms with Gasteiger partial charge in [0.25, 0.3) is 5.56 Å². The minimum atomic E-state index is -2.60. The standard InChI is InChI=1S/C23H44N2O6Si2/c1-14-13-25(21(28)24-19(14)27)20-16(12-23(6,7)32(8,9)29)18(17(30-20)15(2)26)31-33(10,11)22(3,4)5/h13,15-18,20,26,29H,12H2,1-11H3,(H,24,27,28)/t15?,16?,17-,18?,20-/m1/s1. The van der Waals surface area contributed by atoms with Crippen LogP contribution in [0.25, 0.3) is 0 Å². The largest absolute Gasteiger partial charge is 0.432 e. The lowest BCUT2D eigenvalue weighted by Gasteiger charge is -2.43. The summed E-state index contributed by atoms with van der Waals surface area (Å²) in [7, 11) is -4.87. The second-order valence-corrected chi connectivity index (χ2v) is 21.6. The molecule has 0 saturated carbocycles. The molecule has 1 aliphatic heterocycles. The van der Waals surface area contributed by atoms with Crippen LogP contribution in [0.2, 0.25) is 36.3 Å². The molecule has 2 heterocycles. The SMILES string of the molecule is Cc1cn([C@@H]2O[C@H](C(C)O)C(O[Si](C)(C)C(C)(C)C)C2CC(C)(C)[Si](C)(C)O)c(=O)[nH]c1=O. The molecule has 2 rings (SSSR count). The quantitative estimate of drug-likeness (QED) is 0.494. The van der Waals surface area contributed by atoms with Crippen molar-refractivity contribution in [3.05, 3.63) is 32.6 Å². The summed E-state index contributed by atoms with van der Waals surface area (Å²) in [6, 6.07) is 0. The lowest BCUT2D eigenvalue weighted by atomic mass is 9.88. The third-order valence-electron chi connectivity index (χ3n) is 7.94. The highest BCUT2D eigenvalue weighted by Crippen LogP contribution is 2.51. The number of nitrogens with zero attached hydrogens (tertiary/aromatic N) is 1. The summed E-state index contributed by atoms with van der Waals surface area (Å²) in [5.74, 6) is -0.310. The van der Waals surface area contributed by atoms with Crippen molar-refractivity contribution in [3.63, 3.8) is 0 Å². The number of hydrogen-bond donors (Lipinski definition) is 3. The van der Waals surface area contributed by atoms with Gasteiger partial charge in [-0.05, 0) is 56.5 Å². The second-order valence-electron chi connectivity index (χ2n) is 12.4. The molecule has 1 saturated heterocycles. The summed E-state index contributed by atoms with van der Waals surface area (Å²) in [5.41, 5.74) is -0.595. The molecular formula is C23H44N2O6Si2. The number of aliphatic hydroxyl groups is 1. The van der Waals surface area contributed by atoms with E-state index >= 15 is 0 Å². The number of hydrogen-bond acceptors (Lipinski definition) is 6. The van der Waals surface area contributed by atoms with Gasteiger partial charge >= 0.3 is 5.69 Å². The molecule has 0 amide bonds. The summed E-state index contributed by atoms with van der Waals surface area (Å²) in [6.07, 6.45) is -0.618. The molecule has 5 atom stereocenters. The number of rotatable bonds is 7. The van der Waals surface area contributed by atoms with E-state index in [1.165, 1.54) is 10.8 Å². The number of aryl methyl sites for hydroxylation is 1. The van der Waals surface area contributed by atoms with Crippen LogP contribution in [0.5, 0.6) is 0 Å². The van der Waals surface area contributed by atoms with Crippen LogP contribution >= 0.6 is 0 Å². The van der Waals surface area contributed by atoms with Crippen LogP contribution < -0.4 is 11.2 Å². The Hall–Kier alpha value is -1.05. The first-order chi connectivity index (χ1) is 14.7. The van der Waals surface area contributed by atoms with Gasteiger partial charge < -0.3 is 19.1 Å². The van der Waals surface area contributed by atoms with Crippen molar-refractivity contribution in [2.45, 2.75) is 116 Å². The number of aromatic nitrogens is 2. The van der Waals surface area contributed by atoms with E-state index < -0.39 is 57.5 Å².